The summed E-state index contributed by atoms with van der Waals surface area (Å²) >= 11 is 0. The van der Waals surface area contributed by atoms with Crippen LogP contribution in [0, 0.1) is 0 Å². The molecule has 0 atom stereocenters. The number of nitrogens with zero attached hydrogens (tertiary/aromatic N) is 1. The van der Waals surface area contributed by atoms with Gasteiger partial charge in [0.15, 0.2) is 6.61 Å². The van der Waals surface area contributed by atoms with Crippen LogP contribution < -0.4 is 5.32 Å². The molecule has 0 radical (unpaired) electrons. The number of ether oxygens (including phenoxy) is 1. The number of imide groups is 1. The van der Waals surface area contributed by atoms with Gasteiger partial charge in [-0.05, 0) is 25.0 Å². The second-order valence-electron chi connectivity index (χ2n) is 6.27. The molecule has 0 bridgehead atoms. The minimum atomic E-state index is -0.613. The largest absolute Gasteiger partial charge is 0.456 e. The fourth-order valence-corrected chi connectivity index (χ4v) is 3.20. The smallest absolute Gasteiger partial charge is 0.308 e. The molecule has 25 heavy (non-hydrogen) atoms. The van der Waals surface area contributed by atoms with Crippen molar-refractivity contribution in [3.63, 3.8) is 0 Å². The van der Waals surface area contributed by atoms with Gasteiger partial charge < -0.3 is 10.1 Å². The van der Waals surface area contributed by atoms with Gasteiger partial charge in [-0.2, -0.15) is 0 Å². The van der Waals surface area contributed by atoms with Crippen LogP contribution in [0.25, 0.3) is 0 Å². The monoisotopic (exact) mass is 344 g/mol. The first-order valence-electron chi connectivity index (χ1n) is 8.46. The van der Waals surface area contributed by atoms with Crippen LogP contribution in [0.1, 0.15) is 52.8 Å². The number of esters is 1. The van der Waals surface area contributed by atoms with Crippen molar-refractivity contribution in [1.82, 2.24) is 10.2 Å². The van der Waals surface area contributed by atoms with Crippen molar-refractivity contribution >= 4 is 23.7 Å². The molecule has 2 aliphatic rings. The zero-order valence-corrected chi connectivity index (χ0v) is 13.8. The van der Waals surface area contributed by atoms with Gasteiger partial charge >= 0.3 is 5.97 Å². The van der Waals surface area contributed by atoms with Gasteiger partial charge in [0, 0.05) is 12.6 Å². The molecule has 0 saturated heterocycles. The molecular weight excluding hydrogens is 324 g/mol. The van der Waals surface area contributed by atoms with E-state index in [9.17, 15) is 19.2 Å². The number of benzene rings is 1. The van der Waals surface area contributed by atoms with E-state index in [1.807, 2.05) is 0 Å². The molecule has 3 rings (SSSR count). The molecule has 1 heterocycles. The van der Waals surface area contributed by atoms with E-state index in [4.69, 9.17) is 4.74 Å². The maximum Gasteiger partial charge on any atom is 0.308 e. The molecule has 7 nitrogen and oxygen atoms in total. The van der Waals surface area contributed by atoms with Crippen molar-refractivity contribution in [2.75, 3.05) is 13.2 Å². The van der Waals surface area contributed by atoms with Gasteiger partial charge in [0.2, 0.25) is 0 Å². The Morgan fingerprint density at radius 3 is 2.28 bits per heavy atom. The molecule has 132 valence electrons. The van der Waals surface area contributed by atoms with Crippen LogP contribution in [0.5, 0.6) is 0 Å². The number of carbonyl (C=O) groups excluding carboxylic acids is 4. The van der Waals surface area contributed by atoms with Gasteiger partial charge in [0.1, 0.15) is 0 Å². The number of nitrogens with one attached hydrogen (secondary N) is 1. The topological polar surface area (TPSA) is 92.8 Å². The SMILES string of the molecule is O=C(COC(=O)CCN1C(=O)c2ccccc2C1=O)NC1CCCC1. The Hall–Kier alpha value is -2.70. The fourth-order valence-electron chi connectivity index (χ4n) is 3.20. The Balaban J connectivity index is 1.43. The Bertz CT molecular complexity index is 674. The van der Waals surface area contributed by atoms with E-state index in [-0.39, 0.29) is 31.5 Å². The van der Waals surface area contributed by atoms with Crippen LogP contribution in [0.2, 0.25) is 0 Å². The minimum absolute atomic E-state index is 0.0601. The number of fused-ring (bicyclic) bond motifs is 1. The summed E-state index contributed by atoms with van der Waals surface area (Å²) in [7, 11) is 0. The number of carbonyl (C=O) groups is 4. The molecule has 1 aliphatic carbocycles. The van der Waals surface area contributed by atoms with Crippen molar-refractivity contribution in [3.8, 4) is 0 Å². The van der Waals surface area contributed by atoms with Gasteiger partial charge in [0.05, 0.1) is 17.5 Å². The molecule has 0 aromatic heterocycles. The first-order chi connectivity index (χ1) is 12.1. The van der Waals surface area contributed by atoms with Crippen molar-refractivity contribution in [2.24, 2.45) is 0 Å². The highest BCUT2D eigenvalue weighted by atomic mass is 16.5. The third-order valence-electron chi connectivity index (χ3n) is 4.50. The van der Waals surface area contributed by atoms with E-state index >= 15 is 0 Å². The highest BCUT2D eigenvalue weighted by Gasteiger charge is 2.35. The summed E-state index contributed by atoms with van der Waals surface area (Å²) in [6, 6.07) is 6.71. The predicted octanol–water partition coefficient (Wildman–Crippen LogP) is 1.27. The molecule has 0 unspecified atom stereocenters. The second kappa shape index (κ2) is 7.46. The van der Waals surface area contributed by atoms with Crippen LogP contribution in [0.3, 0.4) is 0 Å². The van der Waals surface area contributed by atoms with E-state index in [2.05, 4.69) is 5.32 Å². The molecule has 1 aromatic rings. The lowest BCUT2D eigenvalue weighted by Gasteiger charge is -2.14. The Morgan fingerprint density at radius 2 is 1.68 bits per heavy atom. The Kier molecular flexibility index (Phi) is 5.11. The molecule has 1 N–H and O–H groups in total. The summed E-state index contributed by atoms with van der Waals surface area (Å²) in [4.78, 5) is 48.9. The summed E-state index contributed by atoms with van der Waals surface area (Å²) in [5.41, 5.74) is 0.689. The molecule has 1 fully saturated rings. The fraction of sp³-hybridized carbons (Fsp3) is 0.444. The molecule has 7 heteroatoms. The van der Waals surface area contributed by atoms with E-state index in [1.54, 1.807) is 24.3 Å². The first-order valence-corrected chi connectivity index (χ1v) is 8.46. The molecule has 1 aliphatic heterocycles. The van der Waals surface area contributed by atoms with Crippen LogP contribution >= 0.6 is 0 Å². The van der Waals surface area contributed by atoms with Gasteiger partial charge in [-0.1, -0.05) is 25.0 Å². The summed E-state index contributed by atoms with van der Waals surface area (Å²) < 4.78 is 4.92. The van der Waals surface area contributed by atoms with Crippen molar-refractivity contribution < 1.29 is 23.9 Å². The summed E-state index contributed by atoms with van der Waals surface area (Å²) in [6.45, 7) is -0.396. The zero-order chi connectivity index (χ0) is 17.8. The van der Waals surface area contributed by atoms with Crippen LogP contribution in [-0.2, 0) is 14.3 Å². The van der Waals surface area contributed by atoms with E-state index in [0.717, 1.165) is 30.6 Å². The average Bonchev–Trinajstić information content (AvgIpc) is 3.20. The zero-order valence-electron chi connectivity index (χ0n) is 13.8. The Morgan fingerprint density at radius 1 is 1.08 bits per heavy atom. The van der Waals surface area contributed by atoms with Crippen LogP contribution in [0.4, 0.5) is 0 Å². The quantitative estimate of drug-likeness (QED) is 0.620. The highest BCUT2D eigenvalue weighted by Crippen LogP contribution is 2.22. The third kappa shape index (κ3) is 3.87. The number of hydrogen-bond acceptors (Lipinski definition) is 5. The maximum atomic E-state index is 12.2. The van der Waals surface area contributed by atoms with Crippen LogP contribution in [0.15, 0.2) is 24.3 Å². The average molecular weight is 344 g/mol. The van der Waals surface area contributed by atoms with Gasteiger partial charge in [-0.15, -0.1) is 0 Å². The first kappa shape index (κ1) is 17.1. The lowest BCUT2D eigenvalue weighted by atomic mass is 10.1. The third-order valence-corrected chi connectivity index (χ3v) is 4.50. The summed E-state index contributed by atoms with van der Waals surface area (Å²) in [5, 5.41) is 2.82. The number of amides is 3. The number of hydrogen-bond donors (Lipinski definition) is 1. The highest BCUT2D eigenvalue weighted by molar-refractivity contribution is 6.21. The standard InChI is InChI=1S/C18H20N2O5/c21-15(19-12-5-1-2-6-12)11-25-16(22)9-10-20-17(23)13-7-3-4-8-14(13)18(20)24/h3-4,7-8,12H,1-2,5-6,9-11H2,(H,19,21). The predicted molar refractivity (Wildman–Crippen MR) is 87.8 cm³/mol. The Labute approximate surface area is 145 Å². The van der Waals surface area contributed by atoms with E-state index in [0.29, 0.717) is 11.1 Å². The summed E-state index contributed by atoms with van der Waals surface area (Å²) in [5.74, 6) is -1.75. The minimum Gasteiger partial charge on any atom is -0.456 e. The van der Waals surface area contributed by atoms with E-state index in [1.165, 1.54) is 0 Å². The molecular formula is C18H20N2O5. The number of rotatable bonds is 6. The van der Waals surface area contributed by atoms with Crippen LogP contribution in [-0.4, -0.2) is 47.8 Å². The van der Waals surface area contributed by atoms with Gasteiger partial charge in [0.25, 0.3) is 17.7 Å². The normalized spacial score (nSPS) is 16.9. The lowest BCUT2D eigenvalue weighted by Crippen LogP contribution is -2.36. The van der Waals surface area contributed by atoms with Gasteiger partial charge in [-0.3, -0.25) is 24.1 Å². The maximum absolute atomic E-state index is 12.2. The van der Waals surface area contributed by atoms with Crippen molar-refractivity contribution in [1.29, 1.82) is 0 Å². The lowest BCUT2D eigenvalue weighted by molar-refractivity contribution is -0.148. The van der Waals surface area contributed by atoms with Crippen molar-refractivity contribution in [2.45, 2.75) is 38.1 Å². The molecule has 0 spiro atoms. The van der Waals surface area contributed by atoms with E-state index < -0.39 is 17.8 Å². The summed E-state index contributed by atoms with van der Waals surface area (Å²) in [6.07, 6.45) is 3.98. The molecule has 1 aromatic carbocycles. The van der Waals surface area contributed by atoms with Crippen molar-refractivity contribution in [3.05, 3.63) is 35.4 Å². The second-order valence-corrected chi connectivity index (χ2v) is 6.27. The molecule has 1 saturated carbocycles. The molecule has 3 amide bonds. The van der Waals surface area contributed by atoms with Gasteiger partial charge in [-0.25, -0.2) is 0 Å².